The van der Waals surface area contributed by atoms with Gasteiger partial charge in [0.05, 0.1) is 0 Å². The average Bonchev–Trinajstić information content (AvgIpc) is 2.85. The van der Waals surface area contributed by atoms with E-state index in [0.29, 0.717) is 26.4 Å². The van der Waals surface area contributed by atoms with Crippen molar-refractivity contribution in [2.45, 2.75) is 157 Å². The molecular weight excluding hydrogens is 637 g/mol. The molecule has 0 radical (unpaired) electrons. The third-order valence-electron chi connectivity index (χ3n) is 7.38. The van der Waals surface area contributed by atoms with Gasteiger partial charge in [-0.15, -0.1) is 0 Å². The predicted octanol–water partition coefficient (Wildman–Crippen LogP) is 9.31. The lowest BCUT2D eigenvalue weighted by atomic mass is 10.5. The number of hydrogen-bond donors (Lipinski definition) is 0. The normalized spacial score (nSPS) is 14.4. The fourth-order valence-corrected chi connectivity index (χ4v) is 33.2. The summed E-state index contributed by atoms with van der Waals surface area (Å²) in [5.41, 5.74) is 0. The Hall–Kier alpha value is 1.02. The van der Waals surface area contributed by atoms with Crippen LogP contribution in [-0.2, 0) is 21.8 Å². The van der Waals surface area contributed by atoms with E-state index < -0.39 is 50.6 Å². The smallest absolute Gasteiger partial charge is 0.374 e. The van der Waals surface area contributed by atoms with Crippen molar-refractivity contribution in [3.05, 3.63) is 0 Å². The highest BCUT2D eigenvalue weighted by atomic mass is 28.5. The molecule has 0 aromatic carbocycles. The zero-order valence-electron chi connectivity index (χ0n) is 31.8. The monoisotopic (exact) mass is 712 g/mol. The first-order valence-electron chi connectivity index (χ1n) is 17.4. The molecule has 7 nitrogen and oxygen atoms in total. The molecule has 0 aromatic rings. The molecule has 0 amide bonds. The number of rotatable bonds is 26. The van der Waals surface area contributed by atoms with Gasteiger partial charge in [0.2, 0.25) is 0 Å². The molecule has 0 fully saturated rings. The van der Waals surface area contributed by atoms with Crippen molar-refractivity contribution in [2.75, 3.05) is 39.5 Å². The molecule has 0 saturated carbocycles. The topological polar surface area (TPSA) is 52.6 Å². The molecule has 0 aliphatic carbocycles. The van der Waals surface area contributed by atoms with Crippen LogP contribution in [0.25, 0.3) is 0 Å². The van der Waals surface area contributed by atoms with Crippen LogP contribution >= 0.6 is 0 Å². The van der Waals surface area contributed by atoms with E-state index >= 15 is 0 Å². The Morgan fingerprint density at radius 2 is 0.628 bits per heavy atom. The highest BCUT2D eigenvalue weighted by Gasteiger charge is 2.54. The first kappa shape index (κ1) is 44.0. The summed E-state index contributed by atoms with van der Waals surface area (Å²) in [6, 6.07) is 1.63. The van der Waals surface area contributed by atoms with Gasteiger partial charge in [-0.3, -0.25) is 0 Å². The van der Waals surface area contributed by atoms with Crippen LogP contribution in [0.15, 0.2) is 0 Å². The van der Waals surface area contributed by atoms with Crippen LogP contribution in [-0.4, -0.2) is 98.5 Å². The number of hydrogen-bond acceptors (Lipinski definition) is 7. The molecule has 0 spiro atoms. The minimum Gasteiger partial charge on any atom is -0.374 e. The van der Waals surface area contributed by atoms with Gasteiger partial charge in [0.1, 0.15) is 32.9 Å². The highest BCUT2D eigenvalue weighted by Crippen LogP contribution is 2.31. The van der Waals surface area contributed by atoms with Gasteiger partial charge in [-0.25, -0.2) is 0 Å². The summed E-state index contributed by atoms with van der Waals surface area (Å²) < 4.78 is 40.1. The standard InChI is InChI=1S/C30H76N2O5Si6/c1-17-25-33-42(34-26-18-2,29-21-23-31(38(5,6)7)39(8,9)10)37-43(35-27-19-3,36-28-20-4)30-22-24-32(40(11,12)13)41(14,15)16/h17-30H2,1-16H3. The predicted molar refractivity (Wildman–Crippen MR) is 203 cm³/mol. The molecule has 0 aromatic heterocycles. The van der Waals surface area contributed by atoms with Crippen molar-refractivity contribution in [1.29, 1.82) is 0 Å². The Balaban J connectivity index is 6.50. The molecule has 0 aliphatic rings. The van der Waals surface area contributed by atoms with E-state index in [-0.39, 0.29) is 0 Å². The summed E-state index contributed by atoms with van der Waals surface area (Å²) in [5, 5.41) is 0. The van der Waals surface area contributed by atoms with Crippen LogP contribution in [0.5, 0.6) is 0 Å². The molecule has 43 heavy (non-hydrogen) atoms. The first-order valence-corrected chi connectivity index (χ1v) is 35.1. The van der Waals surface area contributed by atoms with Crippen LogP contribution in [0.4, 0.5) is 0 Å². The summed E-state index contributed by atoms with van der Waals surface area (Å²) in [6.45, 7) is 43.2. The number of nitrogens with zero attached hydrogens (tertiary/aromatic N) is 2. The second-order valence-electron chi connectivity index (χ2n) is 16.1. The van der Waals surface area contributed by atoms with Crippen molar-refractivity contribution < 1.29 is 21.8 Å². The van der Waals surface area contributed by atoms with E-state index in [4.69, 9.17) is 21.8 Å². The van der Waals surface area contributed by atoms with Crippen molar-refractivity contribution >= 4 is 50.6 Å². The van der Waals surface area contributed by atoms with E-state index in [1.54, 1.807) is 0 Å². The maximum atomic E-state index is 7.34. The maximum absolute atomic E-state index is 7.34. The van der Waals surface area contributed by atoms with Gasteiger partial charge in [0.25, 0.3) is 0 Å². The van der Waals surface area contributed by atoms with Crippen molar-refractivity contribution in [2.24, 2.45) is 0 Å². The van der Waals surface area contributed by atoms with Gasteiger partial charge >= 0.3 is 17.6 Å². The van der Waals surface area contributed by atoms with E-state index in [9.17, 15) is 0 Å². The zero-order valence-corrected chi connectivity index (χ0v) is 37.8. The largest absolute Gasteiger partial charge is 0.493 e. The van der Waals surface area contributed by atoms with Crippen LogP contribution in [0.3, 0.4) is 0 Å². The van der Waals surface area contributed by atoms with Crippen molar-refractivity contribution in [1.82, 2.24) is 8.46 Å². The van der Waals surface area contributed by atoms with E-state index in [1.807, 2.05) is 0 Å². The lowest BCUT2D eigenvalue weighted by molar-refractivity contribution is 0.0398. The van der Waals surface area contributed by atoms with Crippen LogP contribution in [0, 0.1) is 0 Å². The maximum Gasteiger partial charge on any atom is 0.493 e. The second-order valence-corrected chi connectivity index (χ2v) is 42.2. The van der Waals surface area contributed by atoms with Crippen LogP contribution in [0.2, 0.25) is 90.7 Å². The van der Waals surface area contributed by atoms with Crippen molar-refractivity contribution in [3.8, 4) is 0 Å². The summed E-state index contributed by atoms with van der Waals surface area (Å²) in [5.74, 6) is 0. The third-order valence-corrected chi connectivity index (χ3v) is 29.8. The molecule has 0 unspecified atom stereocenters. The quantitative estimate of drug-likeness (QED) is 0.0829. The molecule has 0 atom stereocenters. The van der Waals surface area contributed by atoms with Crippen LogP contribution in [0.1, 0.15) is 66.2 Å². The second kappa shape index (κ2) is 19.7. The Labute approximate surface area is 276 Å². The molecule has 0 N–H and O–H groups in total. The van der Waals surface area contributed by atoms with Gasteiger partial charge in [0, 0.05) is 38.5 Å². The minimum atomic E-state index is -3.09. The molecule has 13 heteroatoms. The summed E-state index contributed by atoms with van der Waals surface area (Å²) in [4.78, 5) is 0. The third kappa shape index (κ3) is 17.1. The molecule has 0 heterocycles. The van der Waals surface area contributed by atoms with Gasteiger partial charge in [-0.2, -0.15) is 0 Å². The van der Waals surface area contributed by atoms with E-state index in [0.717, 1.165) is 63.7 Å². The Morgan fingerprint density at radius 1 is 0.395 bits per heavy atom. The van der Waals surface area contributed by atoms with E-state index in [2.05, 4.69) is 115 Å². The summed E-state index contributed by atoms with van der Waals surface area (Å²) in [7, 11) is -12.0. The molecule has 0 rings (SSSR count). The Kier molecular flexibility index (Phi) is 20.2. The van der Waals surface area contributed by atoms with Gasteiger partial charge in [-0.05, 0) is 51.6 Å². The lowest BCUT2D eigenvalue weighted by Crippen LogP contribution is -2.61. The fraction of sp³-hybridized carbons (Fsp3) is 1.00. The summed E-state index contributed by atoms with van der Waals surface area (Å²) in [6.07, 6.45) is 5.77. The molecule has 0 bridgehead atoms. The minimum absolute atomic E-state index is 0.646. The summed E-state index contributed by atoms with van der Waals surface area (Å²) >= 11 is 0. The van der Waals surface area contributed by atoms with Crippen molar-refractivity contribution in [3.63, 3.8) is 0 Å². The molecule has 0 saturated heterocycles. The zero-order chi connectivity index (χ0) is 33.6. The van der Waals surface area contributed by atoms with Gasteiger partial charge in [0.15, 0.2) is 0 Å². The first-order chi connectivity index (χ1) is 19.6. The fourth-order valence-electron chi connectivity index (χ4n) is 6.12. The Bertz CT molecular complexity index is 635. The van der Waals surface area contributed by atoms with Gasteiger partial charge in [-0.1, -0.05) is 106 Å². The molecule has 0 aliphatic heterocycles. The van der Waals surface area contributed by atoms with E-state index in [1.165, 1.54) is 0 Å². The lowest BCUT2D eigenvalue weighted by Gasteiger charge is -2.45. The van der Waals surface area contributed by atoms with Crippen LogP contribution < -0.4 is 0 Å². The molecule has 260 valence electrons. The Morgan fingerprint density at radius 3 is 0.814 bits per heavy atom. The van der Waals surface area contributed by atoms with Gasteiger partial charge < -0.3 is 30.3 Å². The molecular formula is C30H76N2O5Si6. The average molecular weight is 713 g/mol. The highest BCUT2D eigenvalue weighted by molar-refractivity contribution is 6.90. The SMILES string of the molecule is CCCO[Si](CCCN([Si](C)(C)C)[Si](C)(C)C)(OCCC)O[Si](CCCN([Si](C)(C)C)[Si](C)(C)C)(OCCC)OCCC.